The van der Waals surface area contributed by atoms with E-state index in [9.17, 15) is 4.79 Å². The van der Waals surface area contributed by atoms with Gasteiger partial charge in [-0.25, -0.2) is 4.98 Å². The second-order valence-corrected chi connectivity index (χ2v) is 5.54. The van der Waals surface area contributed by atoms with Crippen molar-refractivity contribution in [3.8, 4) is 0 Å². The van der Waals surface area contributed by atoms with Crippen molar-refractivity contribution in [2.24, 2.45) is 11.8 Å². The zero-order chi connectivity index (χ0) is 15.1. The zero-order valence-corrected chi connectivity index (χ0v) is 12.1. The van der Waals surface area contributed by atoms with E-state index in [1.807, 2.05) is 6.08 Å². The minimum atomic E-state index is -0.856. The van der Waals surface area contributed by atoms with Gasteiger partial charge in [-0.05, 0) is 24.8 Å². The first-order valence-electron chi connectivity index (χ1n) is 7.49. The quantitative estimate of drug-likeness (QED) is 0.530. The Bertz CT molecular complexity index is 465. The first-order valence-corrected chi connectivity index (χ1v) is 7.49. The number of carbonyl (C=O) groups is 1. The molecule has 21 heavy (non-hydrogen) atoms. The lowest BCUT2D eigenvalue weighted by Crippen LogP contribution is -2.17. The predicted octanol–water partition coefficient (Wildman–Crippen LogP) is 2.71. The minimum absolute atomic E-state index is 0.0125. The number of hydrogen-bond acceptors (Lipinski definition) is 4. The summed E-state index contributed by atoms with van der Waals surface area (Å²) in [5.74, 6) is 6.46. The van der Waals surface area contributed by atoms with Gasteiger partial charge in [0.25, 0.3) is 0 Å². The normalized spacial score (nSPS) is 18.4. The number of nitrogens with two attached hydrogens (primary N) is 1. The van der Waals surface area contributed by atoms with E-state index in [2.05, 4.69) is 9.97 Å². The summed E-state index contributed by atoms with van der Waals surface area (Å²) < 4.78 is 0. The van der Waals surface area contributed by atoms with Crippen LogP contribution in [0.25, 0.3) is 0 Å². The van der Waals surface area contributed by atoms with Crippen LogP contribution >= 0.6 is 0 Å². The summed E-state index contributed by atoms with van der Waals surface area (Å²) in [7, 11) is 0. The largest absolute Gasteiger partial charge is 0.481 e. The van der Waals surface area contributed by atoms with Crippen LogP contribution in [0.5, 0.6) is 0 Å². The molecule has 0 aliphatic heterocycles. The van der Waals surface area contributed by atoms with Crippen molar-refractivity contribution in [2.45, 2.75) is 50.9 Å². The van der Waals surface area contributed by atoms with Crippen molar-refractivity contribution in [3.63, 3.8) is 0 Å². The summed E-state index contributed by atoms with van der Waals surface area (Å²) in [4.78, 5) is 23.1. The van der Waals surface area contributed by atoms with Crippen LogP contribution in [0.3, 0.4) is 0 Å². The van der Waals surface area contributed by atoms with Gasteiger partial charge in [0.05, 0.1) is 6.42 Å². The molecule has 2 rings (SSSR count). The van der Waals surface area contributed by atoms with Crippen LogP contribution in [-0.4, -0.2) is 21.0 Å². The average molecular weight is 293 g/mol. The number of nitrogens with one attached hydrogen (secondary N) is 1. The molecule has 116 valence electrons. The highest BCUT2D eigenvalue weighted by atomic mass is 16.6. The molecule has 0 spiro atoms. The van der Waals surface area contributed by atoms with Gasteiger partial charge in [0.1, 0.15) is 11.6 Å². The Kier molecular flexibility index (Phi) is 5.80. The molecule has 1 aliphatic carbocycles. The molecule has 0 aromatic carbocycles. The van der Waals surface area contributed by atoms with E-state index < -0.39 is 5.97 Å². The van der Waals surface area contributed by atoms with Gasteiger partial charge in [0.15, 0.2) is 0 Å². The number of aliphatic carboxylic acids is 1. The zero-order valence-electron chi connectivity index (χ0n) is 12.1. The minimum Gasteiger partial charge on any atom is -0.481 e. The fourth-order valence-corrected chi connectivity index (χ4v) is 3.00. The first-order chi connectivity index (χ1) is 10.2. The van der Waals surface area contributed by atoms with Gasteiger partial charge in [-0.3, -0.25) is 4.79 Å². The maximum atomic E-state index is 10.7. The van der Waals surface area contributed by atoms with E-state index in [0.717, 1.165) is 18.7 Å². The fraction of sp³-hybridized carbons (Fsp3) is 0.600. The molecule has 0 amide bonds. The number of nitrogens with zero attached hydrogens (tertiary/aromatic N) is 1. The monoisotopic (exact) mass is 293 g/mol. The topological polar surface area (TPSA) is 101 Å². The van der Waals surface area contributed by atoms with Crippen molar-refractivity contribution in [1.82, 2.24) is 9.97 Å². The number of carboxylic acid groups (broad SMARTS) is 1. The number of rotatable bonds is 7. The van der Waals surface area contributed by atoms with Crippen LogP contribution in [0.4, 0.5) is 0 Å². The van der Waals surface area contributed by atoms with E-state index in [0.29, 0.717) is 18.1 Å². The molecule has 1 aromatic heterocycles. The van der Waals surface area contributed by atoms with Crippen LogP contribution in [-0.2, 0) is 9.63 Å². The Labute approximate surface area is 124 Å². The van der Waals surface area contributed by atoms with Gasteiger partial charge in [0, 0.05) is 24.7 Å². The second-order valence-electron chi connectivity index (χ2n) is 5.54. The molecule has 4 N–H and O–H groups in total. The second kappa shape index (κ2) is 7.83. The molecule has 6 heteroatoms. The Hall–Kier alpha value is -1.82. The summed E-state index contributed by atoms with van der Waals surface area (Å²) in [6.45, 7) is 0. The summed E-state index contributed by atoms with van der Waals surface area (Å²) in [5, 5.41) is 8.78. The van der Waals surface area contributed by atoms with Crippen LogP contribution in [0.2, 0.25) is 0 Å². The van der Waals surface area contributed by atoms with E-state index in [1.165, 1.54) is 19.3 Å². The number of hydrogen-bond donors (Lipinski definition) is 3. The Balaban J connectivity index is 2.15. The number of aromatic nitrogens is 2. The van der Waals surface area contributed by atoms with Crippen LogP contribution in [0, 0.1) is 5.92 Å². The molecule has 1 fully saturated rings. The Morgan fingerprint density at radius 2 is 2.24 bits per heavy atom. The van der Waals surface area contributed by atoms with Gasteiger partial charge < -0.3 is 14.9 Å². The average Bonchev–Trinajstić information content (AvgIpc) is 3.02. The number of allylic oxidation sites excluding steroid dienone is 2. The molecule has 1 heterocycles. The van der Waals surface area contributed by atoms with E-state index in [-0.39, 0.29) is 12.3 Å². The molecule has 1 aromatic rings. The van der Waals surface area contributed by atoms with Crippen molar-refractivity contribution in [3.05, 3.63) is 30.1 Å². The lowest BCUT2D eigenvalue weighted by atomic mass is 9.79. The maximum absolute atomic E-state index is 10.7. The summed E-state index contributed by atoms with van der Waals surface area (Å²) >= 11 is 0. The number of imidazole rings is 1. The Morgan fingerprint density at radius 3 is 2.81 bits per heavy atom. The van der Waals surface area contributed by atoms with Gasteiger partial charge in [-0.15, -0.1) is 0 Å². The van der Waals surface area contributed by atoms with Crippen molar-refractivity contribution in [2.75, 3.05) is 0 Å². The third kappa shape index (κ3) is 4.60. The molecular formula is C15H23N3O3. The Morgan fingerprint density at radius 1 is 1.48 bits per heavy atom. The molecule has 1 unspecified atom stereocenters. The lowest BCUT2D eigenvalue weighted by molar-refractivity contribution is -0.137. The maximum Gasteiger partial charge on any atom is 0.303 e. The third-order valence-corrected chi connectivity index (χ3v) is 4.09. The molecule has 1 saturated carbocycles. The highest BCUT2D eigenvalue weighted by Gasteiger charge is 2.26. The van der Waals surface area contributed by atoms with Crippen molar-refractivity contribution >= 4 is 5.97 Å². The highest BCUT2D eigenvalue weighted by molar-refractivity contribution is 5.66. The van der Waals surface area contributed by atoms with Crippen LogP contribution in [0.15, 0.2) is 24.2 Å². The van der Waals surface area contributed by atoms with Crippen molar-refractivity contribution in [1.29, 1.82) is 0 Å². The lowest BCUT2D eigenvalue weighted by Gasteiger charge is -2.27. The van der Waals surface area contributed by atoms with Gasteiger partial charge in [-0.2, -0.15) is 5.90 Å². The third-order valence-electron chi connectivity index (χ3n) is 4.09. The molecule has 0 bridgehead atoms. The number of carboxylic acids is 1. The van der Waals surface area contributed by atoms with Crippen LogP contribution in [0.1, 0.15) is 56.7 Å². The molecule has 0 saturated heterocycles. The van der Waals surface area contributed by atoms with E-state index in [1.54, 1.807) is 12.4 Å². The highest BCUT2D eigenvalue weighted by Crippen LogP contribution is 2.36. The van der Waals surface area contributed by atoms with Crippen LogP contribution < -0.4 is 5.90 Å². The molecule has 1 aliphatic rings. The SMILES string of the molecule is NOC(=CC(c1ncc[nH]1)C1CCCCC1)CCC(=O)O. The first kappa shape index (κ1) is 15.6. The molecule has 0 radical (unpaired) electrons. The molecule has 6 nitrogen and oxygen atoms in total. The van der Waals surface area contributed by atoms with Gasteiger partial charge >= 0.3 is 5.97 Å². The van der Waals surface area contributed by atoms with Gasteiger partial charge in [-0.1, -0.05) is 19.3 Å². The van der Waals surface area contributed by atoms with E-state index >= 15 is 0 Å². The predicted molar refractivity (Wildman–Crippen MR) is 78.1 cm³/mol. The molecular weight excluding hydrogens is 270 g/mol. The number of aromatic amines is 1. The van der Waals surface area contributed by atoms with Crippen molar-refractivity contribution < 1.29 is 14.7 Å². The standard InChI is InChI=1S/C15H23N3O3/c16-21-12(6-7-14(19)20)10-13(15-17-8-9-18-15)11-4-2-1-3-5-11/h8-11,13H,1-7,16H2,(H,17,18)(H,19,20). The smallest absolute Gasteiger partial charge is 0.303 e. The molecule has 1 atom stereocenters. The summed E-state index contributed by atoms with van der Waals surface area (Å²) in [6, 6.07) is 0. The van der Waals surface area contributed by atoms with Gasteiger partial charge in [0.2, 0.25) is 0 Å². The fourth-order valence-electron chi connectivity index (χ4n) is 3.00. The van der Waals surface area contributed by atoms with E-state index in [4.69, 9.17) is 15.8 Å². The number of H-pyrrole nitrogens is 1. The summed E-state index contributed by atoms with van der Waals surface area (Å²) in [5.41, 5.74) is 0. The summed E-state index contributed by atoms with van der Waals surface area (Å²) in [6.07, 6.45) is 11.8.